The van der Waals surface area contributed by atoms with Crippen molar-refractivity contribution >= 4 is 23.5 Å². The van der Waals surface area contributed by atoms with E-state index < -0.39 is 11.9 Å². The molecule has 3 aliphatic rings. The highest BCUT2D eigenvalue weighted by atomic mass is 16.2. The minimum absolute atomic E-state index is 0.0215. The molecule has 2 aliphatic heterocycles. The largest absolute Gasteiger partial charge is 0.366 e. The van der Waals surface area contributed by atoms with Crippen LogP contribution in [0.15, 0.2) is 24.3 Å². The van der Waals surface area contributed by atoms with Crippen LogP contribution in [0.5, 0.6) is 0 Å². The third-order valence-corrected chi connectivity index (χ3v) is 6.92. The third-order valence-electron chi connectivity index (χ3n) is 6.92. The Balaban J connectivity index is 1.44. The lowest BCUT2D eigenvalue weighted by molar-refractivity contribution is -0.136. The second-order valence-electron chi connectivity index (χ2n) is 8.74. The maximum absolute atomic E-state index is 13.1. The molecule has 1 aliphatic carbocycles. The van der Waals surface area contributed by atoms with Gasteiger partial charge in [0, 0.05) is 13.0 Å². The predicted octanol–water partition coefficient (Wildman–Crippen LogP) is 2.14. The smallest absolute Gasteiger partial charge is 0.255 e. The van der Waals surface area contributed by atoms with Gasteiger partial charge in [-0.1, -0.05) is 44.2 Å². The van der Waals surface area contributed by atoms with E-state index in [1.165, 1.54) is 43.1 Å². The average Bonchev–Trinajstić information content (AvgIpc) is 3.33. The highest BCUT2D eigenvalue weighted by molar-refractivity contribution is 6.09. The fourth-order valence-corrected chi connectivity index (χ4v) is 5.36. The van der Waals surface area contributed by atoms with Crippen LogP contribution in [0.25, 0.3) is 0 Å². The second-order valence-corrected chi connectivity index (χ2v) is 8.74. The Kier molecular flexibility index (Phi) is 5.88. The summed E-state index contributed by atoms with van der Waals surface area (Å²) in [5.41, 5.74) is 5.77. The molecule has 0 spiro atoms. The number of nitrogens with two attached hydrogens (primary N) is 1. The third kappa shape index (κ3) is 3.85. The number of fused-ring (bicyclic) bond motifs is 1. The minimum Gasteiger partial charge on any atom is -0.366 e. The van der Waals surface area contributed by atoms with E-state index in [1.54, 1.807) is 23.1 Å². The number of ketones is 1. The van der Waals surface area contributed by atoms with Crippen LogP contribution in [0.3, 0.4) is 0 Å². The molecule has 0 aromatic heterocycles. The molecule has 7 heteroatoms. The Labute approximate surface area is 176 Å². The van der Waals surface area contributed by atoms with Crippen LogP contribution in [0.1, 0.15) is 72.1 Å². The number of rotatable bonds is 5. The van der Waals surface area contributed by atoms with Gasteiger partial charge in [0.25, 0.3) is 5.91 Å². The topological polar surface area (TPSA) is 101 Å². The van der Waals surface area contributed by atoms with Crippen molar-refractivity contribution < 1.29 is 19.2 Å². The average molecular weight is 412 g/mol. The van der Waals surface area contributed by atoms with E-state index in [4.69, 9.17) is 5.73 Å². The van der Waals surface area contributed by atoms with E-state index in [2.05, 4.69) is 0 Å². The fourth-order valence-electron chi connectivity index (χ4n) is 5.36. The van der Waals surface area contributed by atoms with Crippen LogP contribution in [-0.2, 0) is 9.59 Å². The molecule has 0 radical (unpaired) electrons. The lowest BCUT2D eigenvalue weighted by Crippen LogP contribution is -2.43. The number of carbonyl (C=O) groups is 4. The Morgan fingerprint density at radius 3 is 2.37 bits per heavy atom. The number of likely N-dealkylation sites (tertiary alicyclic amines) is 2. The zero-order valence-corrected chi connectivity index (χ0v) is 17.2. The lowest BCUT2D eigenvalue weighted by atomic mass is 9.86. The first-order valence-electron chi connectivity index (χ1n) is 11.0. The van der Waals surface area contributed by atoms with Gasteiger partial charge in [0.1, 0.15) is 6.04 Å². The zero-order valence-electron chi connectivity index (χ0n) is 17.2. The Morgan fingerprint density at radius 2 is 1.67 bits per heavy atom. The summed E-state index contributed by atoms with van der Waals surface area (Å²) in [5.74, 6) is -0.515. The van der Waals surface area contributed by atoms with Crippen molar-refractivity contribution in [3.05, 3.63) is 35.4 Å². The summed E-state index contributed by atoms with van der Waals surface area (Å²) in [6.45, 7) is 0.458. The van der Waals surface area contributed by atoms with Crippen molar-refractivity contribution in [3.63, 3.8) is 0 Å². The summed E-state index contributed by atoms with van der Waals surface area (Å²) in [5, 5.41) is 0. The van der Waals surface area contributed by atoms with E-state index in [1.807, 2.05) is 0 Å². The van der Waals surface area contributed by atoms with Crippen molar-refractivity contribution in [1.82, 2.24) is 9.80 Å². The summed E-state index contributed by atoms with van der Waals surface area (Å²) in [6.07, 6.45) is 8.10. The second kappa shape index (κ2) is 8.58. The number of Topliss-reactive ketones (excluding diaryl/α,β-unsaturated/α-hetero) is 1. The van der Waals surface area contributed by atoms with Gasteiger partial charge in [-0.3, -0.25) is 19.2 Å². The number of primary amides is 1. The highest BCUT2D eigenvalue weighted by Gasteiger charge is 2.51. The molecule has 2 atom stereocenters. The van der Waals surface area contributed by atoms with Crippen LogP contribution in [0, 0.1) is 5.92 Å². The molecule has 3 amide bonds. The van der Waals surface area contributed by atoms with Gasteiger partial charge in [0.05, 0.1) is 23.7 Å². The van der Waals surface area contributed by atoms with Crippen LogP contribution < -0.4 is 5.73 Å². The maximum Gasteiger partial charge on any atom is 0.255 e. The van der Waals surface area contributed by atoms with Crippen molar-refractivity contribution in [3.8, 4) is 0 Å². The lowest BCUT2D eigenvalue weighted by Gasteiger charge is -2.26. The van der Waals surface area contributed by atoms with E-state index in [9.17, 15) is 19.2 Å². The first kappa shape index (κ1) is 20.6. The number of hydrogen-bond donors (Lipinski definition) is 1. The molecular weight excluding hydrogens is 382 g/mol. The molecule has 2 heterocycles. The normalized spacial score (nSPS) is 24.2. The molecule has 1 saturated carbocycles. The molecule has 160 valence electrons. The van der Waals surface area contributed by atoms with Crippen molar-refractivity contribution in [1.29, 1.82) is 0 Å². The molecule has 3 fully saturated rings. The summed E-state index contributed by atoms with van der Waals surface area (Å²) < 4.78 is 0. The number of hydrogen-bond acceptors (Lipinski definition) is 4. The van der Waals surface area contributed by atoms with E-state index in [0.29, 0.717) is 25.3 Å². The van der Waals surface area contributed by atoms with Crippen molar-refractivity contribution in [2.75, 3.05) is 13.1 Å². The molecular formula is C23H29N3O4. The van der Waals surface area contributed by atoms with Gasteiger partial charge in [-0.2, -0.15) is 0 Å². The van der Waals surface area contributed by atoms with Crippen LogP contribution in [0.4, 0.5) is 0 Å². The molecule has 1 aromatic rings. The summed E-state index contributed by atoms with van der Waals surface area (Å²) >= 11 is 0. The molecule has 2 unspecified atom stereocenters. The summed E-state index contributed by atoms with van der Waals surface area (Å²) in [7, 11) is 0. The molecule has 7 nitrogen and oxygen atoms in total. The summed E-state index contributed by atoms with van der Waals surface area (Å²) in [6, 6.07) is 5.50. The quantitative estimate of drug-likeness (QED) is 0.802. The molecule has 2 saturated heterocycles. The fraction of sp³-hybridized carbons (Fsp3) is 0.565. The Hall–Kier alpha value is -2.70. The van der Waals surface area contributed by atoms with Gasteiger partial charge >= 0.3 is 0 Å². The summed E-state index contributed by atoms with van der Waals surface area (Å²) in [4.78, 5) is 53.7. The maximum atomic E-state index is 13.1. The number of carbonyl (C=O) groups excluding carboxylic acids is 4. The van der Waals surface area contributed by atoms with Crippen LogP contribution in [-0.4, -0.2) is 58.5 Å². The van der Waals surface area contributed by atoms with Gasteiger partial charge < -0.3 is 15.5 Å². The first-order chi connectivity index (χ1) is 14.5. The Morgan fingerprint density at radius 1 is 0.967 bits per heavy atom. The van der Waals surface area contributed by atoms with Crippen molar-refractivity contribution in [2.45, 2.75) is 63.5 Å². The zero-order chi connectivity index (χ0) is 21.3. The van der Waals surface area contributed by atoms with Gasteiger partial charge in [0.15, 0.2) is 5.78 Å². The van der Waals surface area contributed by atoms with Gasteiger partial charge in [-0.25, -0.2) is 0 Å². The van der Waals surface area contributed by atoms with Gasteiger partial charge in [-0.05, 0) is 30.9 Å². The van der Waals surface area contributed by atoms with Crippen molar-refractivity contribution in [2.24, 2.45) is 11.7 Å². The molecule has 2 N–H and O–H groups in total. The SMILES string of the molecule is NC(=O)c1ccccc1C(=O)N1CC(=O)C2C1CCN2C(=O)CCC1CCCCC1. The molecule has 0 bridgehead atoms. The van der Waals surface area contributed by atoms with Gasteiger partial charge in [-0.15, -0.1) is 0 Å². The molecule has 30 heavy (non-hydrogen) atoms. The van der Waals surface area contributed by atoms with E-state index >= 15 is 0 Å². The number of benzene rings is 1. The molecule has 1 aromatic carbocycles. The first-order valence-corrected chi connectivity index (χ1v) is 11.0. The molecule has 4 rings (SSSR count). The van der Waals surface area contributed by atoms with E-state index in [0.717, 1.165) is 6.42 Å². The van der Waals surface area contributed by atoms with Crippen LogP contribution >= 0.6 is 0 Å². The predicted molar refractivity (Wildman–Crippen MR) is 111 cm³/mol. The Bertz CT molecular complexity index is 862. The van der Waals surface area contributed by atoms with Crippen LogP contribution in [0.2, 0.25) is 0 Å². The highest BCUT2D eigenvalue weighted by Crippen LogP contribution is 2.33. The number of nitrogens with zero attached hydrogens (tertiary/aromatic N) is 2. The monoisotopic (exact) mass is 411 g/mol. The van der Waals surface area contributed by atoms with E-state index in [-0.39, 0.29) is 41.3 Å². The minimum atomic E-state index is -0.674. The van der Waals surface area contributed by atoms with Gasteiger partial charge in [0.2, 0.25) is 11.8 Å². The standard InChI is InChI=1S/C23H29N3O4/c24-22(29)16-8-4-5-9-17(16)23(30)26-14-19(27)21-18(26)12-13-25(21)20(28)11-10-15-6-2-1-3-7-15/h4-5,8-9,15,18,21H,1-3,6-7,10-14H2,(H2,24,29). The number of amides is 3.